The van der Waals surface area contributed by atoms with Crippen LogP contribution in [-0.4, -0.2) is 29.2 Å². The number of fused-ring (bicyclic) bond motifs is 5. The summed E-state index contributed by atoms with van der Waals surface area (Å²) in [6, 6.07) is 9.96. The fourth-order valence-corrected chi connectivity index (χ4v) is 5.34. The van der Waals surface area contributed by atoms with Gasteiger partial charge in [-0.15, -0.1) is 0 Å². The molecule has 0 aromatic heterocycles. The fourth-order valence-electron chi connectivity index (χ4n) is 5.34. The van der Waals surface area contributed by atoms with Crippen LogP contribution in [0.4, 0.5) is 0 Å². The summed E-state index contributed by atoms with van der Waals surface area (Å²) in [5.41, 5.74) is 0.749. The van der Waals surface area contributed by atoms with E-state index in [4.69, 9.17) is 0 Å². The van der Waals surface area contributed by atoms with Gasteiger partial charge in [-0.25, -0.2) is 0 Å². The van der Waals surface area contributed by atoms with Gasteiger partial charge in [0.1, 0.15) is 6.54 Å². The van der Waals surface area contributed by atoms with E-state index in [1.807, 2.05) is 30.3 Å². The first-order valence-corrected chi connectivity index (χ1v) is 9.49. The number of carbonyl (C=O) groups excluding carboxylic acids is 3. The zero-order valence-electron chi connectivity index (χ0n) is 14.6. The molecule has 4 atom stereocenters. The number of benzene rings is 1. The average molecular weight is 350 g/mol. The van der Waals surface area contributed by atoms with Crippen LogP contribution in [0.2, 0.25) is 0 Å². The molecular weight excluding hydrogens is 328 g/mol. The van der Waals surface area contributed by atoms with Gasteiger partial charge in [-0.3, -0.25) is 19.3 Å². The van der Waals surface area contributed by atoms with E-state index in [0.29, 0.717) is 0 Å². The van der Waals surface area contributed by atoms with Crippen molar-refractivity contribution in [2.45, 2.75) is 31.2 Å². The molecule has 1 saturated heterocycles. The molecule has 1 aliphatic heterocycles. The third-order valence-corrected chi connectivity index (χ3v) is 6.78. The summed E-state index contributed by atoms with van der Waals surface area (Å²) in [4.78, 5) is 39.4. The third kappa shape index (κ3) is 2.12. The van der Waals surface area contributed by atoms with E-state index in [1.54, 1.807) is 0 Å². The summed E-state index contributed by atoms with van der Waals surface area (Å²) in [5, 5.41) is 3.12. The zero-order chi connectivity index (χ0) is 17.9. The molecule has 3 amide bonds. The van der Waals surface area contributed by atoms with Gasteiger partial charge in [-0.2, -0.15) is 0 Å². The third-order valence-electron chi connectivity index (χ3n) is 6.78. The van der Waals surface area contributed by atoms with E-state index in [9.17, 15) is 14.4 Å². The van der Waals surface area contributed by atoms with Crippen LogP contribution in [0.5, 0.6) is 0 Å². The van der Waals surface area contributed by atoms with Crippen molar-refractivity contribution in [2.24, 2.45) is 23.7 Å². The first-order valence-electron chi connectivity index (χ1n) is 9.49. The highest BCUT2D eigenvalue weighted by Crippen LogP contribution is 2.52. The number of imide groups is 1. The molecule has 0 spiro atoms. The van der Waals surface area contributed by atoms with Gasteiger partial charge in [0.2, 0.25) is 17.7 Å². The van der Waals surface area contributed by atoms with Crippen molar-refractivity contribution in [2.75, 3.05) is 6.54 Å². The highest BCUT2D eigenvalue weighted by atomic mass is 16.2. The number of nitrogens with one attached hydrogen (secondary N) is 1. The van der Waals surface area contributed by atoms with Gasteiger partial charge in [0.25, 0.3) is 0 Å². The predicted octanol–water partition coefficient (Wildman–Crippen LogP) is 1.99. The molecule has 0 radical (unpaired) electrons. The number of rotatable bonds is 4. The van der Waals surface area contributed by atoms with Crippen LogP contribution in [0.25, 0.3) is 0 Å². The van der Waals surface area contributed by atoms with Crippen LogP contribution < -0.4 is 5.32 Å². The van der Waals surface area contributed by atoms with Gasteiger partial charge in [0.05, 0.1) is 17.4 Å². The highest BCUT2D eigenvalue weighted by Gasteiger charge is 2.59. The molecule has 2 saturated carbocycles. The Kier molecular flexibility index (Phi) is 3.36. The lowest BCUT2D eigenvalue weighted by atomic mass is 9.72. The lowest BCUT2D eigenvalue weighted by Crippen LogP contribution is -2.54. The quantitative estimate of drug-likeness (QED) is 0.667. The second-order valence-electron chi connectivity index (χ2n) is 8.11. The Labute approximate surface area is 152 Å². The molecule has 1 N–H and O–H groups in total. The fraction of sp³-hybridized carbons (Fsp3) is 0.476. The SMILES string of the molecule is O=C(CN1C(=O)C2C3C=CC(C3)C2C1=O)NC1(c2ccccc2)CCC1. The highest BCUT2D eigenvalue weighted by molar-refractivity contribution is 6.08. The molecule has 5 nitrogen and oxygen atoms in total. The van der Waals surface area contributed by atoms with Crippen molar-refractivity contribution in [1.82, 2.24) is 10.2 Å². The standard InChI is InChI=1S/C21H22N2O3/c24-16(22-21(9-4-10-21)15-5-2-1-3-6-15)12-23-19(25)17-13-7-8-14(11-13)18(17)20(23)26/h1-3,5-8,13-14,17-18H,4,9-12H2,(H,22,24). The molecule has 4 aliphatic rings. The largest absolute Gasteiger partial charge is 0.345 e. The summed E-state index contributed by atoms with van der Waals surface area (Å²) < 4.78 is 0. The summed E-state index contributed by atoms with van der Waals surface area (Å²) in [7, 11) is 0. The maximum atomic E-state index is 12.7. The van der Waals surface area contributed by atoms with Crippen molar-refractivity contribution in [3.05, 3.63) is 48.0 Å². The Morgan fingerprint density at radius 2 is 1.65 bits per heavy atom. The monoisotopic (exact) mass is 350 g/mol. The van der Waals surface area contributed by atoms with Gasteiger partial charge in [-0.05, 0) is 43.1 Å². The first kappa shape index (κ1) is 15.8. The molecular formula is C21H22N2O3. The Hall–Kier alpha value is -2.43. The van der Waals surface area contributed by atoms with Gasteiger partial charge in [-0.1, -0.05) is 42.5 Å². The van der Waals surface area contributed by atoms with Crippen LogP contribution in [0.3, 0.4) is 0 Å². The number of likely N-dealkylation sites (tertiary alicyclic amines) is 1. The minimum Gasteiger partial charge on any atom is -0.345 e. The lowest BCUT2D eigenvalue weighted by molar-refractivity contribution is -0.145. The van der Waals surface area contributed by atoms with Gasteiger partial charge >= 0.3 is 0 Å². The van der Waals surface area contributed by atoms with E-state index in [-0.39, 0.29) is 53.5 Å². The Balaban J connectivity index is 1.31. The van der Waals surface area contributed by atoms with Gasteiger partial charge in [0.15, 0.2) is 0 Å². The minimum absolute atomic E-state index is 0.154. The number of carbonyl (C=O) groups is 3. The molecule has 4 unspecified atom stereocenters. The van der Waals surface area contributed by atoms with Crippen LogP contribution in [-0.2, 0) is 19.9 Å². The molecule has 5 heteroatoms. The summed E-state index contributed by atoms with van der Waals surface area (Å²) >= 11 is 0. The van der Waals surface area contributed by atoms with E-state index in [2.05, 4.69) is 17.5 Å². The van der Waals surface area contributed by atoms with Crippen LogP contribution in [0.1, 0.15) is 31.2 Å². The molecule has 1 heterocycles. The Morgan fingerprint density at radius 1 is 1.04 bits per heavy atom. The topological polar surface area (TPSA) is 66.5 Å². The van der Waals surface area contributed by atoms with Crippen LogP contribution >= 0.6 is 0 Å². The molecule has 26 heavy (non-hydrogen) atoms. The normalized spacial score (nSPS) is 33.3. The lowest BCUT2D eigenvalue weighted by Gasteiger charge is -2.43. The average Bonchev–Trinajstić information content (AvgIpc) is 3.29. The van der Waals surface area contributed by atoms with Crippen molar-refractivity contribution in [1.29, 1.82) is 0 Å². The summed E-state index contributed by atoms with van der Waals surface area (Å²) in [5.74, 6) is -0.679. The second kappa shape index (κ2) is 5.53. The molecule has 3 aliphatic carbocycles. The summed E-state index contributed by atoms with van der Waals surface area (Å²) in [6.07, 6.45) is 7.90. The first-order chi connectivity index (χ1) is 12.6. The van der Waals surface area contributed by atoms with Crippen molar-refractivity contribution in [3.8, 4) is 0 Å². The van der Waals surface area contributed by atoms with Crippen LogP contribution in [0.15, 0.2) is 42.5 Å². The number of amides is 3. The van der Waals surface area contributed by atoms with Crippen molar-refractivity contribution in [3.63, 3.8) is 0 Å². The van der Waals surface area contributed by atoms with Gasteiger partial charge < -0.3 is 5.32 Å². The molecule has 134 valence electrons. The molecule has 3 fully saturated rings. The number of nitrogens with zero attached hydrogens (tertiary/aromatic N) is 1. The van der Waals surface area contributed by atoms with Crippen molar-refractivity contribution < 1.29 is 14.4 Å². The maximum absolute atomic E-state index is 12.7. The number of hydrogen-bond donors (Lipinski definition) is 1. The molecule has 1 aromatic carbocycles. The van der Waals surface area contributed by atoms with E-state index in [1.165, 1.54) is 4.90 Å². The van der Waals surface area contributed by atoms with Gasteiger partial charge in [0, 0.05) is 0 Å². The number of hydrogen-bond acceptors (Lipinski definition) is 3. The minimum atomic E-state index is -0.347. The summed E-state index contributed by atoms with van der Waals surface area (Å²) in [6.45, 7) is -0.154. The number of allylic oxidation sites excluding steroid dienone is 2. The molecule has 1 aromatic rings. The smallest absolute Gasteiger partial charge is 0.240 e. The zero-order valence-corrected chi connectivity index (χ0v) is 14.6. The van der Waals surface area contributed by atoms with E-state index >= 15 is 0 Å². The Bertz CT molecular complexity index is 782. The molecule has 2 bridgehead atoms. The van der Waals surface area contributed by atoms with Crippen LogP contribution in [0, 0.1) is 23.7 Å². The molecule has 5 rings (SSSR count). The Morgan fingerprint density at radius 3 is 2.19 bits per heavy atom. The van der Waals surface area contributed by atoms with E-state index in [0.717, 1.165) is 31.2 Å². The van der Waals surface area contributed by atoms with Crippen molar-refractivity contribution >= 4 is 17.7 Å². The van der Waals surface area contributed by atoms with E-state index < -0.39 is 0 Å². The maximum Gasteiger partial charge on any atom is 0.240 e. The second-order valence-corrected chi connectivity index (χ2v) is 8.11. The predicted molar refractivity (Wildman–Crippen MR) is 94.6 cm³/mol.